The van der Waals surface area contributed by atoms with E-state index in [1.807, 2.05) is 18.2 Å². The Labute approximate surface area is 150 Å². The summed E-state index contributed by atoms with van der Waals surface area (Å²) in [5.41, 5.74) is 1.08. The van der Waals surface area contributed by atoms with E-state index in [1.54, 1.807) is 17.6 Å². The van der Waals surface area contributed by atoms with Gasteiger partial charge in [0.2, 0.25) is 5.91 Å². The zero-order valence-corrected chi connectivity index (χ0v) is 14.8. The number of rotatable bonds is 5. The number of furan rings is 1. The van der Waals surface area contributed by atoms with Gasteiger partial charge in [-0.2, -0.15) is 0 Å². The summed E-state index contributed by atoms with van der Waals surface area (Å²) in [5.74, 6) is 1.24. The number of nitrogens with zero attached hydrogens (tertiary/aromatic N) is 2. The second-order valence-electron chi connectivity index (χ2n) is 6.45. The van der Waals surface area contributed by atoms with Gasteiger partial charge in [0.25, 0.3) is 0 Å². The molecule has 0 spiro atoms. The fourth-order valence-corrected chi connectivity index (χ4v) is 4.42. The van der Waals surface area contributed by atoms with Crippen LogP contribution < -0.4 is 5.32 Å². The lowest BCUT2D eigenvalue weighted by Gasteiger charge is -2.31. The summed E-state index contributed by atoms with van der Waals surface area (Å²) in [6, 6.07) is 12.0. The number of likely N-dealkylation sites (tertiary alicyclic amines) is 1. The smallest absolute Gasteiger partial charge is 0.234 e. The third kappa shape index (κ3) is 3.91. The minimum absolute atomic E-state index is 0.0429. The topological polar surface area (TPSA) is 58.4 Å². The quantitative estimate of drug-likeness (QED) is 0.762. The third-order valence-corrected chi connectivity index (χ3v) is 5.77. The van der Waals surface area contributed by atoms with Crippen molar-refractivity contribution in [2.75, 3.05) is 19.6 Å². The van der Waals surface area contributed by atoms with Gasteiger partial charge in [0.05, 0.1) is 34.6 Å². The van der Waals surface area contributed by atoms with Crippen molar-refractivity contribution in [3.05, 3.63) is 53.4 Å². The van der Waals surface area contributed by atoms with Crippen LogP contribution in [0, 0.1) is 0 Å². The maximum atomic E-state index is 12.2. The molecule has 4 rings (SSSR count). The second-order valence-corrected chi connectivity index (χ2v) is 7.51. The molecule has 25 heavy (non-hydrogen) atoms. The van der Waals surface area contributed by atoms with E-state index in [0.29, 0.717) is 19.0 Å². The highest BCUT2D eigenvalue weighted by Crippen LogP contribution is 2.32. The summed E-state index contributed by atoms with van der Waals surface area (Å²) in [6.45, 7) is 2.74. The minimum Gasteiger partial charge on any atom is -0.467 e. The van der Waals surface area contributed by atoms with E-state index in [1.165, 1.54) is 9.71 Å². The Bertz CT molecular complexity index is 810. The molecule has 0 saturated carbocycles. The summed E-state index contributed by atoms with van der Waals surface area (Å²) < 4.78 is 6.48. The number of hydrogen-bond acceptors (Lipinski definition) is 5. The van der Waals surface area contributed by atoms with Gasteiger partial charge in [-0.25, -0.2) is 4.98 Å². The Kier molecular flexibility index (Phi) is 4.81. The zero-order valence-electron chi connectivity index (χ0n) is 14.0. The number of aromatic nitrogens is 1. The van der Waals surface area contributed by atoms with Crippen molar-refractivity contribution < 1.29 is 9.21 Å². The monoisotopic (exact) mass is 355 g/mol. The molecule has 0 radical (unpaired) electrons. The van der Waals surface area contributed by atoms with E-state index in [2.05, 4.69) is 28.4 Å². The number of benzene rings is 1. The Morgan fingerprint density at radius 1 is 1.32 bits per heavy atom. The Morgan fingerprint density at radius 2 is 2.24 bits per heavy atom. The molecule has 1 amide bonds. The van der Waals surface area contributed by atoms with Gasteiger partial charge in [-0.1, -0.05) is 12.1 Å². The first-order valence-corrected chi connectivity index (χ1v) is 9.46. The normalized spacial score (nSPS) is 18.5. The lowest BCUT2D eigenvalue weighted by atomic mass is 9.99. The summed E-state index contributed by atoms with van der Waals surface area (Å²) in [5, 5.41) is 4.12. The third-order valence-electron chi connectivity index (χ3n) is 4.57. The van der Waals surface area contributed by atoms with Gasteiger partial charge in [0.1, 0.15) is 5.76 Å². The second kappa shape index (κ2) is 7.37. The number of fused-ring (bicyclic) bond motifs is 1. The molecular weight excluding hydrogens is 334 g/mol. The lowest BCUT2D eigenvalue weighted by Crippen LogP contribution is -2.41. The van der Waals surface area contributed by atoms with Gasteiger partial charge in [0, 0.05) is 12.5 Å². The van der Waals surface area contributed by atoms with Gasteiger partial charge < -0.3 is 9.73 Å². The predicted octanol–water partition coefficient (Wildman–Crippen LogP) is 3.39. The van der Waals surface area contributed by atoms with Crippen LogP contribution in [0.25, 0.3) is 10.2 Å². The molecule has 1 atom stereocenters. The molecule has 1 aliphatic heterocycles. The minimum atomic E-state index is 0.0429. The van der Waals surface area contributed by atoms with E-state index in [4.69, 9.17) is 9.40 Å². The van der Waals surface area contributed by atoms with Crippen molar-refractivity contribution in [2.45, 2.75) is 25.3 Å². The van der Waals surface area contributed by atoms with Gasteiger partial charge in [0.15, 0.2) is 0 Å². The number of amides is 1. The lowest BCUT2D eigenvalue weighted by molar-refractivity contribution is -0.122. The standard InChI is InChI=1S/C19H21N3O2S/c23-18(20-11-15-6-4-10-24-15)13-22-9-3-5-14(12-22)19-21-16-7-1-2-8-17(16)25-19/h1-2,4,6-8,10,14H,3,5,9,11-13H2,(H,20,23). The number of carbonyl (C=O) groups is 1. The van der Waals surface area contributed by atoms with Crippen LogP contribution in [0.4, 0.5) is 0 Å². The molecule has 1 saturated heterocycles. The molecule has 3 aromatic rings. The number of thiazole rings is 1. The van der Waals surface area contributed by atoms with Crippen LogP contribution in [0.3, 0.4) is 0 Å². The molecule has 2 aromatic heterocycles. The molecule has 0 aliphatic carbocycles. The van der Waals surface area contributed by atoms with E-state index in [-0.39, 0.29) is 5.91 Å². The maximum absolute atomic E-state index is 12.2. The zero-order chi connectivity index (χ0) is 17.1. The van der Waals surface area contributed by atoms with Crippen LogP contribution in [0.15, 0.2) is 47.1 Å². The molecule has 3 heterocycles. The largest absolute Gasteiger partial charge is 0.467 e. The van der Waals surface area contributed by atoms with Crippen LogP contribution in [0.5, 0.6) is 0 Å². The first-order chi connectivity index (χ1) is 12.3. The van der Waals surface area contributed by atoms with Crippen LogP contribution >= 0.6 is 11.3 Å². The molecule has 130 valence electrons. The number of nitrogens with one attached hydrogen (secondary N) is 1. The van der Waals surface area contributed by atoms with Gasteiger partial charge >= 0.3 is 0 Å². The Balaban J connectivity index is 1.34. The Morgan fingerprint density at radius 3 is 3.08 bits per heavy atom. The number of carbonyl (C=O) groups excluding carboxylic acids is 1. The van der Waals surface area contributed by atoms with Gasteiger partial charge in [-0.3, -0.25) is 9.69 Å². The number of para-hydroxylation sites is 1. The summed E-state index contributed by atoms with van der Waals surface area (Å²) in [4.78, 5) is 19.2. The predicted molar refractivity (Wildman–Crippen MR) is 98.6 cm³/mol. The van der Waals surface area contributed by atoms with Crippen molar-refractivity contribution in [1.82, 2.24) is 15.2 Å². The average molecular weight is 355 g/mol. The number of piperidine rings is 1. The average Bonchev–Trinajstić information content (AvgIpc) is 3.29. The molecule has 0 bridgehead atoms. The van der Waals surface area contributed by atoms with Crippen LogP contribution in [-0.2, 0) is 11.3 Å². The summed E-state index contributed by atoms with van der Waals surface area (Å²) in [6.07, 6.45) is 3.87. The van der Waals surface area contributed by atoms with Crippen LogP contribution in [0.2, 0.25) is 0 Å². The van der Waals surface area contributed by atoms with Crippen molar-refractivity contribution in [1.29, 1.82) is 0 Å². The van der Waals surface area contributed by atoms with Crippen molar-refractivity contribution >= 4 is 27.5 Å². The van der Waals surface area contributed by atoms with Gasteiger partial charge in [-0.05, 0) is 43.7 Å². The van der Waals surface area contributed by atoms with E-state index in [9.17, 15) is 4.79 Å². The molecular formula is C19H21N3O2S. The highest BCUT2D eigenvalue weighted by Gasteiger charge is 2.25. The highest BCUT2D eigenvalue weighted by molar-refractivity contribution is 7.18. The fourth-order valence-electron chi connectivity index (χ4n) is 3.32. The molecule has 1 fully saturated rings. The molecule has 5 nitrogen and oxygen atoms in total. The Hall–Kier alpha value is -2.18. The number of hydrogen-bond donors (Lipinski definition) is 1. The highest BCUT2D eigenvalue weighted by atomic mass is 32.1. The van der Waals surface area contributed by atoms with Gasteiger partial charge in [-0.15, -0.1) is 11.3 Å². The van der Waals surface area contributed by atoms with E-state index in [0.717, 1.165) is 37.2 Å². The first-order valence-electron chi connectivity index (χ1n) is 8.65. The van der Waals surface area contributed by atoms with Crippen molar-refractivity contribution in [3.8, 4) is 0 Å². The van der Waals surface area contributed by atoms with Crippen LogP contribution in [0.1, 0.15) is 29.5 Å². The van der Waals surface area contributed by atoms with Crippen molar-refractivity contribution in [3.63, 3.8) is 0 Å². The summed E-state index contributed by atoms with van der Waals surface area (Å²) in [7, 11) is 0. The maximum Gasteiger partial charge on any atom is 0.234 e. The SMILES string of the molecule is O=C(CN1CCCC(c2nc3ccccc3s2)C1)NCc1ccco1. The molecule has 1 aliphatic rings. The molecule has 1 aromatic carbocycles. The molecule has 6 heteroatoms. The summed E-state index contributed by atoms with van der Waals surface area (Å²) >= 11 is 1.78. The van der Waals surface area contributed by atoms with Crippen molar-refractivity contribution in [2.24, 2.45) is 0 Å². The molecule has 1 unspecified atom stereocenters. The van der Waals surface area contributed by atoms with E-state index < -0.39 is 0 Å². The van der Waals surface area contributed by atoms with E-state index >= 15 is 0 Å². The first kappa shape index (κ1) is 16.3. The van der Waals surface area contributed by atoms with Crippen LogP contribution in [-0.4, -0.2) is 35.4 Å². The molecule has 1 N–H and O–H groups in total. The fraction of sp³-hybridized carbons (Fsp3) is 0.368.